The van der Waals surface area contributed by atoms with E-state index in [1.807, 2.05) is 0 Å². The number of pyridine rings is 1. The lowest BCUT2D eigenvalue weighted by Gasteiger charge is -2.18. The van der Waals surface area contributed by atoms with Crippen LogP contribution in [0.1, 0.15) is 29.7 Å². The first-order valence-electron chi connectivity index (χ1n) is 6.54. The number of thiophene rings is 1. The van der Waals surface area contributed by atoms with Crippen LogP contribution in [0.4, 0.5) is 0 Å². The van der Waals surface area contributed by atoms with Gasteiger partial charge in [0.05, 0.1) is 11.8 Å². The number of hydrogen-bond acceptors (Lipinski definition) is 4. The van der Waals surface area contributed by atoms with E-state index < -0.39 is 0 Å². The van der Waals surface area contributed by atoms with Crippen molar-refractivity contribution >= 4 is 31.8 Å². The Hall–Kier alpha value is -1.75. The van der Waals surface area contributed by atoms with Gasteiger partial charge < -0.3 is 4.98 Å². The van der Waals surface area contributed by atoms with Gasteiger partial charge in [-0.25, -0.2) is 9.97 Å². The van der Waals surface area contributed by atoms with Gasteiger partial charge in [0, 0.05) is 11.1 Å². The first-order chi connectivity index (χ1) is 9.25. The molecule has 5 heteroatoms. The maximum absolute atomic E-state index is 11.9. The van der Waals surface area contributed by atoms with Crippen molar-refractivity contribution in [1.29, 1.82) is 0 Å². The summed E-state index contributed by atoms with van der Waals surface area (Å²) >= 11 is 1.46. The lowest BCUT2D eigenvalue weighted by atomic mass is 9.89. The maximum Gasteiger partial charge on any atom is 0.268 e. The van der Waals surface area contributed by atoms with Crippen LogP contribution in [0.15, 0.2) is 11.1 Å². The molecule has 0 aliphatic heterocycles. The quantitative estimate of drug-likeness (QED) is 0.684. The number of aromatic amines is 1. The van der Waals surface area contributed by atoms with Gasteiger partial charge in [-0.1, -0.05) is 0 Å². The number of nitrogens with one attached hydrogen (secondary N) is 1. The summed E-state index contributed by atoms with van der Waals surface area (Å²) in [5, 5.41) is 1.12. The third-order valence-electron chi connectivity index (χ3n) is 3.94. The van der Waals surface area contributed by atoms with Gasteiger partial charge in [0.15, 0.2) is 0 Å². The molecule has 0 saturated carbocycles. The first-order valence-corrected chi connectivity index (χ1v) is 7.35. The minimum Gasteiger partial charge on any atom is -0.312 e. The van der Waals surface area contributed by atoms with Crippen LogP contribution in [0.25, 0.3) is 20.4 Å². The Morgan fingerprint density at radius 3 is 2.89 bits per heavy atom. The topological polar surface area (TPSA) is 58.6 Å². The summed E-state index contributed by atoms with van der Waals surface area (Å²) in [5.41, 5.74) is 4.63. The van der Waals surface area contributed by atoms with Crippen molar-refractivity contribution in [3.63, 3.8) is 0 Å². The molecule has 1 N–H and O–H groups in total. The molecule has 4 rings (SSSR count). The predicted octanol–water partition coefficient (Wildman–Crippen LogP) is 2.72. The Kier molecular flexibility index (Phi) is 2.26. The number of H-pyrrole nitrogens is 1. The lowest BCUT2D eigenvalue weighted by Crippen LogP contribution is -2.07. The lowest BCUT2D eigenvalue weighted by molar-refractivity contribution is 0.683. The van der Waals surface area contributed by atoms with Crippen LogP contribution >= 0.6 is 11.3 Å². The monoisotopic (exact) mass is 271 g/mol. The molecule has 3 aromatic heterocycles. The second-order valence-electron chi connectivity index (χ2n) is 5.05. The van der Waals surface area contributed by atoms with Gasteiger partial charge in [-0.05, 0) is 43.7 Å². The van der Waals surface area contributed by atoms with Crippen LogP contribution in [0.3, 0.4) is 0 Å². The van der Waals surface area contributed by atoms with Crippen molar-refractivity contribution in [1.82, 2.24) is 15.0 Å². The third-order valence-corrected chi connectivity index (χ3v) is 5.01. The van der Waals surface area contributed by atoms with Gasteiger partial charge in [-0.2, -0.15) is 0 Å². The number of rotatable bonds is 0. The van der Waals surface area contributed by atoms with E-state index in [1.165, 1.54) is 41.6 Å². The Morgan fingerprint density at radius 2 is 2.05 bits per heavy atom. The molecular formula is C14H13N3OS. The molecule has 3 heterocycles. The molecule has 0 aromatic carbocycles. The van der Waals surface area contributed by atoms with Gasteiger partial charge >= 0.3 is 0 Å². The minimum atomic E-state index is -0.0600. The molecule has 1 aliphatic carbocycles. The van der Waals surface area contributed by atoms with Crippen LogP contribution in [-0.4, -0.2) is 15.0 Å². The standard InChI is InChI=1S/C14H13N3OS/c1-7-8-4-2-3-5-9(8)10-11-12(19-14(10)17-7)13(18)16-6-15-11/h6H,2-5H2,1H3,(H,15,16,18). The molecule has 0 spiro atoms. The number of fused-ring (bicyclic) bond motifs is 5. The Bertz CT molecular complexity index is 862. The fraction of sp³-hybridized carbons (Fsp3) is 0.357. The van der Waals surface area contributed by atoms with Gasteiger partial charge in [-0.15, -0.1) is 11.3 Å². The summed E-state index contributed by atoms with van der Waals surface area (Å²) in [6, 6.07) is 0. The summed E-state index contributed by atoms with van der Waals surface area (Å²) in [5.74, 6) is 0. The van der Waals surface area contributed by atoms with Crippen molar-refractivity contribution in [2.45, 2.75) is 32.6 Å². The molecule has 19 heavy (non-hydrogen) atoms. The molecule has 0 radical (unpaired) electrons. The Balaban J connectivity index is 2.26. The smallest absolute Gasteiger partial charge is 0.268 e. The normalized spacial score (nSPS) is 15.0. The van der Waals surface area contributed by atoms with Crippen molar-refractivity contribution in [3.8, 4) is 0 Å². The average Bonchev–Trinajstić information content (AvgIpc) is 2.79. The van der Waals surface area contributed by atoms with Crippen LogP contribution in [0.5, 0.6) is 0 Å². The molecule has 0 unspecified atom stereocenters. The summed E-state index contributed by atoms with van der Waals surface area (Å²) in [7, 11) is 0. The van der Waals surface area contributed by atoms with E-state index in [4.69, 9.17) is 4.98 Å². The molecule has 3 aromatic rings. The van der Waals surface area contributed by atoms with E-state index in [0.717, 1.165) is 34.3 Å². The largest absolute Gasteiger partial charge is 0.312 e. The van der Waals surface area contributed by atoms with E-state index in [0.29, 0.717) is 4.70 Å². The highest BCUT2D eigenvalue weighted by atomic mass is 32.1. The fourth-order valence-corrected chi connectivity index (χ4v) is 4.16. The summed E-state index contributed by atoms with van der Waals surface area (Å²) in [4.78, 5) is 24.6. The number of aryl methyl sites for hydroxylation is 2. The summed E-state index contributed by atoms with van der Waals surface area (Å²) in [6.45, 7) is 2.08. The van der Waals surface area contributed by atoms with Crippen LogP contribution in [-0.2, 0) is 12.8 Å². The van der Waals surface area contributed by atoms with Crippen LogP contribution in [0.2, 0.25) is 0 Å². The van der Waals surface area contributed by atoms with Crippen LogP contribution < -0.4 is 5.56 Å². The summed E-state index contributed by atoms with van der Waals surface area (Å²) in [6.07, 6.45) is 6.12. The number of hydrogen-bond donors (Lipinski definition) is 1. The molecule has 0 atom stereocenters. The Morgan fingerprint density at radius 1 is 1.26 bits per heavy atom. The molecule has 0 fully saturated rings. The average molecular weight is 271 g/mol. The molecular weight excluding hydrogens is 258 g/mol. The molecule has 96 valence electrons. The molecule has 0 saturated heterocycles. The maximum atomic E-state index is 11.9. The highest BCUT2D eigenvalue weighted by Crippen LogP contribution is 2.37. The van der Waals surface area contributed by atoms with Gasteiger partial charge in [0.1, 0.15) is 9.53 Å². The number of nitrogens with zero attached hydrogens (tertiary/aromatic N) is 2. The van der Waals surface area contributed by atoms with Crippen molar-refractivity contribution in [2.24, 2.45) is 0 Å². The minimum absolute atomic E-state index is 0.0600. The Labute approximate surface area is 113 Å². The zero-order chi connectivity index (χ0) is 13.0. The zero-order valence-electron chi connectivity index (χ0n) is 10.6. The molecule has 1 aliphatic rings. The van der Waals surface area contributed by atoms with E-state index in [1.54, 1.807) is 0 Å². The van der Waals surface area contributed by atoms with Crippen molar-refractivity contribution in [3.05, 3.63) is 33.5 Å². The van der Waals surface area contributed by atoms with E-state index >= 15 is 0 Å². The van der Waals surface area contributed by atoms with Crippen molar-refractivity contribution in [2.75, 3.05) is 0 Å². The SMILES string of the molecule is Cc1nc2sc3c(=O)[nH]cnc3c2c2c1CCCC2. The van der Waals surface area contributed by atoms with E-state index in [2.05, 4.69) is 16.9 Å². The molecule has 4 nitrogen and oxygen atoms in total. The van der Waals surface area contributed by atoms with Gasteiger partial charge in [0.2, 0.25) is 0 Å². The van der Waals surface area contributed by atoms with Crippen LogP contribution in [0, 0.1) is 6.92 Å². The highest BCUT2D eigenvalue weighted by Gasteiger charge is 2.21. The summed E-state index contributed by atoms with van der Waals surface area (Å²) < 4.78 is 0.698. The number of aromatic nitrogens is 3. The zero-order valence-corrected chi connectivity index (χ0v) is 11.4. The second-order valence-corrected chi connectivity index (χ2v) is 6.05. The van der Waals surface area contributed by atoms with E-state index in [9.17, 15) is 4.79 Å². The molecule has 0 bridgehead atoms. The van der Waals surface area contributed by atoms with Gasteiger partial charge in [0.25, 0.3) is 5.56 Å². The molecule has 0 amide bonds. The highest BCUT2D eigenvalue weighted by molar-refractivity contribution is 7.25. The first kappa shape index (κ1) is 11.1. The van der Waals surface area contributed by atoms with E-state index in [-0.39, 0.29) is 5.56 Å². The second kappa shape index (κ2) is 3.87. The van der Waals surface area contributed by atoms with Crippen molar-refractivity contribution < 1.29 is 0 Å². The fourth-order valence-electron chi connectivity index (χ4n) is 3.06. The van der Waals surface area contributed by atoms with Gasteiger partial charge in [-0.3, -0.25) is 4.79 Å². The predicted molar refractivity (Wildman–Crippen MR) is 76.9 cm³/mol. The third kappa shape index (κ3) is 1.48.